The lowest BCUT2D eigenvalue weighted by atomic mass is 10.0. The number of carbonyl (C=O) groups is 1. The molecule has 1 saturated heterocycles. The van der Waals surface area contributed by atoms with Crippen LogP contribution in [0, 0.1) is 13.8 Å². The van der Waals surface area contributed by atoms with E-state index in [0.717, 1.165) is 48.6 Å². The van der Waals surface area contributed by atoms with Crippen LogP contribution in [0.5, 0.6) is 0 Å². The highest BCUT2D eigenvalue weighted by atomic mass is 32.1. The second-order valence-corrected chi connectivity index (χ2v) is 8.13. The summed E-state index contributed by atoms with van der Waals surface area (Å²) in [5.41, 5.74) is 3.42. The molecule has 4 rings (SSSR count). The predicted octanol–water partition coefficient (Wildman–Crippen LogP) is 2.19. The molecule has 0 bridgehead atoms. The van der Waals surface area contributed by atoms with Gasteiger partial charge in [-0.3, -0.25) is 9.59 Å². The van der Waals surface area contributed by atoms with E-state index < -0.39 is 0 Å². The van der Waals surface area contributed by atoms with Gasteiger partial charge < -0.3 is 15.5 Å². The van der Waals surface area contributed by atoms with E-state index in [2.05, 4.69) is 25.6 Å². The van der Waals surface area contributed by atoms with E-state index in [1.54, 1.807) is 6.07 Å². The van der Waals surface area contributed by atoms with E-state index >= 15 is 0 Å². The summed E-state index contributed by atoms with van der Waals surface area (Å²) in [6.45, 7) is 9.16. The number of piperazine rings is 1. The van der Waals surface area contributed by atoms with Crippen LogP contribution >= 0.6 is 11.3 Å². The molecule has 0 aliphatic carbocycles. The van der Waals surface area contributed by atoms with Crippen LogP contribution < -0.4 is 21.1 Å². The second kappa shape index (κ2) is 7.92. The molecule has 9 heteroatoms. The van der Waals surface area contributed by atoms with Crippen LogP contribution in [0.25, 0.3) is 15.5 Å². The van der Waals surface area contributed by atoms with Crippen LogP contribution in [0.3, 0.4) is 0 Å². The van der Waals surface area contributed by atoms with Gasteiger partial charge in [0.15, 0.2) is 0 Å². The Morgan fingerprint density at radius 3 is 2.72 bits per heavy atom. The van der Waals surface area contributed by atoms with Crippen LogP contribution in [0.4, 0.5) is 11.5 Å². The van der Waals surface area contributed by atoms with Crippen molar-refractivity contribution in [3.63, 3.8) is 0 Å². The maximum Gasteiger partial charge on any atom is 0.277 e. The number of nitrogens with zero attached hydrogens (tertiary/aromatic N) is 4. The van der Waals surface area contributed by atoms with Crippen molar-refractivity contribution in [3.8, 4) is 10.6 Å². The van der Waals surface area contributed by atoms with Crippen molar-refractivity contribution in [2.24, 2.45) is 0 Å². The first-order valence-electron chi connectivity index (χ1n) is 9.74. The number of amides is 1. The van der Waals surface area contributed by atoms with Crippen molar-refractivity contribution in [1.29, 1.82) is 0 Å². The minimum atomic E-state index is -0.184. The summed E-state index contributed by atoms with van der Waals surface area (Å²) in [6.07, 6.45) is 0.415. The Labute approximate surface area is 172 Å². The SMILES string of the molecule is CCC(=O)Nc1cc(C)cc(-c2nn3c(=O)cc(N4CCNCC4)nc3s2)c1C. The van der Waals surface area contributed by atoms with Crippen molar-refractivity contribution in [2.75, 3.05) is 36.4 Å². The average molecular weight is 413 g/mol. The maximum atomic E-state index is 12.7. The molecule has 0 spiro atoms. The van der Waals surface area contributed by atoms with Crippen LogP contribution in [0.1, 0.15) is 24.5 Å². The molecule has 3 aromatic rings. The van der Waals surface area contributed by atoms with Crippen molar-refractivity contribution >= 4 is 33.7 Å². The van der Waals surface area contributed by atoms with Crippen molar-refractivity contribution in [1.82, 2.24) is 19.9 Å². The van der Waals surface area contributed by atoms with Crippen LogP contribution in [0.15, 0.2) is 23.0 Å². The van der Waals surface area contributed by atoms with Gasteiger partial charge in [0, 0.05) is 49.9 Å². The Morgan fingerprint density at radius 2 is 2.00 bits per heavy atom. The first kappa shape index (κ1) is 19.5. The molecule has 1 aromatic carbocycles. The number of carbonyl (C=O) groups excluding carboxylic acids is 1. The van der Waals surface area contributed by atoms with E-state index in [0.29, 0.717) is 22.2 Å². The minimum absolute atomic E-state index is 0.0347. The first-order valence-corrected chi connectivity index (χ1v) is 10.6. The summed E-state index contributed by atoms with van der Waals surface area (Å²) < 4.78 is 1.36. The molecule has 1 aliphatic rings. The van der Waals surface area contributed by atoms with Gasteiger partial charge in [-0.15, -0.1) is 0 Å². The van der Waals surface area contributed by atoms with Crippen LogP contribution in [0.2, 0.25) is 0 Å². The van der Waals surface area contributed by atoms with E-state index in [9.17, 15) is 9.59 Å². The van der Waals surface area contributed by atoms with Gasteiger partial charge in [0.05, 0.1) is 0 Å². The molecule has 1 aliphatic heterocycles. The average Bonchev–Trinajstić information content (AvgIpc) is 3.15. The van der Waals surface area contributed by atoms with Crippen LogP contribution in [-0.2, 0) is 4.79 Å². The minimum Gasteiger partial charge on any atom is -0.354 e. The molecule has 1 amide bonds. The fraction of sp³-hybridized carbons (Fsp3) is 0.400. The number of benzene rings is 1. The largest absolute Gasteiger partial charge is 0.354 e. The highest BCUT2D eigenvalue weighted by molar-refractivity contribution is 7.19. The molecule has 1 fully saturated rings. The van der Waals surface area contributed by atoms with E-state index in [4.69, 9.17) is 0 Å². The third-order valence-corrected chi connectivity index (χ3v) is 5.99. The number of aromatic nitrogens is 3. The molecule has 2 N–H and O–H groups in total. The van der Waals surface area contributed by atoms with E-state index in [1.165, 1.54) is 15.9 Å². The zero-order valence-corrected chi connectivity index (χ0v) is 17.6. The smallest absolute Gasteiger partial charge is 0.277 e. The van der Waals surface area contributed by atoms with Crippen LogP contribution in [-0.4, -0.2) is 46.7 Å². The normalized spacial score (nSPS) is 14.4. The van der Waals surface area contributed by atoms with Crippen molar-refractivity contribution in [2.45, 2.75) is 27.2 Å². The first-order chi connectivity index (χ1) is 14.0. The predicted molar refractivity (Wildman–Crippen MR) is 116 cm³/mol. The topological polar surface area (TPSA) is 91.6 Å². The Bertz CT molecular complexity index is 1130. The number of nitrogens with one attached hydrogen (secondary N) is 2. The fourth-order valence-electron chi connectivity index (χ4n) is 3.41. The molecule has 8 nitrogen and oxygen atoms in total. The molecule has 3 heterocycles. The summed E-state index contributed by atoms with van der Waals surface area (Å²) in [4.78, 5) is 31.9. The Hall–Kier alpha value is -2.78. The quantitative estimate of drug-likeness (QED) is 0.683. The van der Waals surface area contributed by atoms with Gasteiger partial charge in [-0.25, -0.2) is 4.98 Å². The number of anilines is 2. The van der Waals surface area contributed by atoms with E-state index in [1.807, 2.05) is 32.9 Å². The summed E-state index contributed by atoms with van der Waals surface area (Å²) in [6, 6.07) is 5.53. The Kier molecular flexibility index (Phi) is 5.33. The Balaban J connectivity index is 1.77. The molecular weight excluding hydrogens is 388 g/mol. The number of hydrogen-bond acceptors (Lipinski definition) is 7. The lowest BCUT2D eigenvalue weighted by Gasteiger charge is -2.27. The monoisotopic (exact) mass is 412 g/mol. The summed E-state index contributed by atoms with van der Waals surface area (Å²) in [5.74, 6) is 0.663. The molecule has 2 aromatic heterocycles. The van der Waals surface area contributed by atoms with Gasteiger partial charge in [0.2, 0.25) is 10.9 Å². The zero-order chi connectivity index (χ0) is 20.5. The van der Waals surface area contributed by atoms with Gasteiger partial charge in [-0.1, -0.05) is 18.3 Å². The van der Waals surface area contributed by atoms with Crippen molar-refractivity contribution < 1.29 is 4.79 Å². The lowest BCUT2D eigenvalue weighted by Crippen LogP contribution is -2.44. The molecule has 152 valence electrons. The second-order valence-electron chi connectivity index (χ2n) is 7.18. The Morgan fingerprint density at radius 1 is 1.24 bits per heavy atom. The standard InChI is InChI=1S/C20H24N6O2S/c1-4-17(27)22-15-10-12(2)9-14(13(15)3)19-24-26-18(28)11-16(23-20(26)29-19)25-7-5-21-6-8-25/h9-11,21H,4-8H2,1-3H3,(H,22,27). The molecule has 0 saturated carbocycles. The highest BCUT2D eigenvalue weighted by Gasteiger charge is 2.18. The fourth-order valence-corrected chi connectivity index (χ4v) is 4.39. The molecular formula is C20H24N6O2S. The number of aryl methyl sites for hydroxylation is 1. The van der Waals surface area contributed by atoms with Gasteiger partial charge >= 0.3 is 0 Å². The molecule has 29 heavy (non-hydrogen) atoms. The van der Waals surface area contributed by atoms with Gasteiger partial charge in [0.1, 0.15) is 10.8 Å². The summed E-state index contributed by atoms with van der Waals surface area (Å²) in [7, 11) is 0. The number of hydrogen-bond donors (Lipinski definition) is 2. The molecule has 0 unspecified atom stereocenters. The molecule has 0 atom stereocenters. The third-order valence-electron chi connectivity index (χ3n) is 5.05. The highest BCUT2D eigenvalue weighted by Crippen LogP contribution is 2.33. The molecule has 0 radical (unpaired) electrons. The van der Waals surface area contributed by atoms with Gasteiger partial charge in [-0.05, 0) is 37.1 Å². The van der Waals surface area contributed by atoms with Gasteiger partial charge in [-0.2, -0.15) is 9.61 Å². The summed E-state index contributed by atoms with van der Waals surface area (Å²) in [5, 5.41) is 11.5. The lowest BCUT2D eigenvalue weighted by molar-refractivity contribution is -0.115. The van der Waals surface area contributed by atoms with Crippen molar-refractivity contribution in [3.05, 3.63) is 39.7 Å². The zero-order valence-electron chi connectivity index (χ0n) is 16.8. The number of fused-ring (bicyclic) bond motifs is 1. The maximum absolute atomic E-state index is 12.7. The summed E-state index contributed by atoms with van der Waals surface area (Å²) >= 11 is 1.38. The van der Waals surface area contributed by atoms with Gasteiger partial charge in [0.25, 0.3) is 5.56 Å². The number of rotatable bonds is 4. The third kappa shape index (κ3) is 3.88. The van der Waals surface area contributed by atoms with E-state index in [-0.39, 0.29) is 11.5 Å².